The number of nitrogens with two attached hydrogens (primary N) is 1. The minimum absolute atomic E-state index is 0.0161. The number of hydrogen-bond donors (Lipinski definition) is 1. The maximum absolute atomic E-state index is 5.87. The number of ether oxygens (including phenoxy) is 1. The van der Waals surface area contributed by atoms with Crippen molar-refractivity contribution in [3.05, 3.63) is 46.4 Å². The van der Waals surface area contributed by atoms with Gasteiger partial charge in [-0.15, -0.1) is 11.3 Å². The molecule has 16 heavy (non-hydrogen) atoms. The van der Waals surface area contributed by atoms with Crippen LogP contribution in [0.5, 0.6) is 5.75 Å². The van der Waals surface area contributed by atoms with Crippen LogP contribution in [0.2, 0.25) is 0 Å². The third kappa shape index (κ3) is 2.59. The summed E-state index contributed by atoms with van der Waals surface area (Å²) in [4.78, 5) is 5.12. The molecule has 0 radical (unpaired) electrons. The Morgan fingerprint density at radius 3 is 2.94 bits per heavy atom. The largest absolute Gasteiger partial charge is 0.488 e. The van der Waals surface area contributed by atoms with Crippen molar-refractivity contribution < 1.29 is 4.74 Å². The summed E-state index contributed by atoms with van der Waals surface area (Å²) in [7, 11) is 0. The van der Waals surface area contributed by atoms with Crippen molar-refractivity contribution in [2.75, 3.05) is 0 Å². The Morgan fingerprint density at radius 2 is 2.25 bits per heavy atom. The van der Waals surface area contributed by atoms with Crippen LogP contribution in [0.25, 0.3) is 0 Å². The Labute approximate surface area is 98.9 Å². The molecule has 2 rings (SSSR count). The van der Waals surface area contributed by atoms with Gasteiger partial charge in [0.25, 0.3) is 0 Å². The molecule has 0 aliphatic heterocycles. The van der Waals surface area contributed by atoms with Gasteiger partial charge in [-0.25, -0.2) is 0 Å². The van der Waals surface area contributed by atoms with Crippen molar-refractivity contribution in [2.45, 2.75) is 19.6 Å². The van der Waals surface area contributed by atoms with Gasteiger partial charge in [0.15, 0.2) is 0 Å². The van der Waals surface area contributed by atoms with Gasteiger partial charge >= 0.3 is 0 Å². The summed E-state index contributed by atoms with van der Waals surface area (Å²) in [5.41, 5.74) is 8.71. The van der Waals surface area contributed by atoms with Gasteiger partial charge in [-0.05, 0) is 13.0 Å². The van der Waals surface area contributed by atoms with E-state index in [0.29, 0.717) is 6.61 Å². The summed E-state index contributed by atoms with van der Waals surface area (Å²) in [6.45, 7) is 2.50. The van der Waals surface area contributed by atoms with E-state index in [1.165, 1.54) is 0 Å². The molecule has 0 saturated carbocycles. The van der Waals surface area contributed by atoms with Crippen LogP contribution in [0.3, 0.4) is 0 Å². The van der Waals surface area contributed by atoms with Gasteiger partial charge in [0, 0.05) is 17.8 Å². The summed E-state index contributed by atoms with van der Waals surface area (Å²) in [5.74, 6) is 0.853. The Balaban J connectivity index is 2.09. The molecule has 1 aromatic heterocycles. The molecule has 2 N–H and O–H groups in total. The summed E-state index contributed by atoms with van der Waals surface area (Å²) in [6.07, 6.45) is 1.82. The van der Waals surface area contributed by atoms with E-state index < -0.39 is 0 Å². The Morgan fingerprint density at radius 1 is 1.44 bits per heavy atom. The van der Waals surface area contributed by atoms with Crippen molar-refractivity contribution in [3.8, 4) is 5.75 Å². The highest BCUT2D eigenvalue weighted by molar-refractivity contribution is 7.09. The minimum Gasteiger partial charge on any atom is -0.488 e. The first kappa shape index (κ1) is 11.1. The number of nitrogens with zero attached hydrogens (tertiary/aromatic N) is 1. The van der Waals surface area contributed by atoms with E-state index in [9.17, 15) is 0 Å². The van der Waals surface area contributed by atoms with Gasteiger partial charge in [0.1, 0.15) is 12.4 Å². The Bertz CT molecular complexity index is 440. The summed E-state index contributed by atoms with van der Waals surface area (Å²) in [6, 6.07) is 7.84. The third-order valence-electron chi connectivity index (χ3n) is 2.26. The van der Waals surface area contributed by atoms with Crippen molar-refractivity contribution >= 4 is 11.3 Å². The lowest BCUT2D eigenvalue weighted by Gasteiger charge is -2.12. The van der Waals surface area contributed by atoms with Crippen molar-refractivity contribution in [3.63, 3.8) is 0 Å². The van der Waals surface area contributed by atoms with Crippen LogP contribution in [-0.2, 0) is 6.61 Å². The van der Waals surface area contributed by atoms with E-state index in [1.807, 2.05) is 37.4 Å². The monoisotopic (exact) mass is 234 g/mol. The second-order valence-corrected chi connectivity index (χ2v) is 4.55. The van der Waals surface area contributed by atoms with Crippen LogP contribution in [0.1, 0.15) is 23.4 Å². The summed E-state index contributed by atoms with van der Waals surface area (Å²) >= 11 is 1.59. The number of benzene rings is 1. The van der Waals surface area contributed by atoms with Crippen LogP contribution < -0.4 is 10.5 Å². The molecule has 0 aliphatic carbocycles. The van der Waals surface area contributed by atoms with E-state index in [4.69, 9.17) is 10.5 Å². The van der Waals surface area contributed by atoms with Crippen LogP contribution in [-0.4, -0.2) is 4.98 Å². The average Bonchev–Trinajstić information content (AvgIpc) is 2.79. The fourth-order valence-electron chi connectivity index (χ4n) is 1.45. The first-order valence-electron chi connectivity index (χ1n) is 5.12. The van der Waals surface area contributed by atoms with E-state index in [-0.39, 0.29) is 6.04 Å². The number of rotatable bonds is 4. The van der Waals surface area contributed by atoms with Gasteiger partial charge in [-0.3, -0.25) is 4.98 Å². The number of hydrogen-bond acceptors (Lipinski definition) is 4. The van der Waals surface area contributed by atoms with Gasteiger partial charge in [-0.1, -0.05) is 18.2 Å². The highest BCUT2D eigenvalue weighted by Gasteiger charge is 2.07. The number of thiazole rings is 1. The molecule has 1 heterocycles. The molecule has 0 bridgehead atoms. The molecule has 84 valence electrons. The maximum atomic E-state index is 5.87. The molecule has 0 fully saturated rings. The maximum Gasteiger partial charge on any atom is 0.124 e. The van der Waals surface area contributed by atoms with Crippen LogP contribution in [0, 0.1) is 0 Å². The summed E-state index contributed by atoms with van der Waals surface area (Å²) in [5, 5.41) is 0. The molecular formula is C12H14N2OS. The molecule has 1 aromatic carbocycles. The van der Waals surface area contributed by atoms with Crippen LogP contribution in [0.4, 0.5) is 0 Å². The molecule has 0 unspecified atom stereocenters. The van der Waals surface area contributed by atoms with E-state index in [1.54, 1.807) is 16.8 Å². The second-order valence-electron chi connectivity index (χ2n) is 3.58. The highest BCUT2D eigenvalue weighted by Crippen LogP contribution is 2.24. The zero-order valence-electron chi connectivity index (χ0n) is 9.09. The average molecular weight is 234 g/mol. The van der Waals surface area contributed by atoms with Gasteiger partial charge in [-0.2, -0.15) is 0 Å². The third-order valence-corrected chi connectivity index (χ3v) is 3.02. The van der Waals surface area contributed by atoms with Gasteiger partial charge in [0.2, 0.25) is 0 Å². The van der Waals surface area contributed by atoms with Gasteiger partial charge in [0.05, 0.1) is 10.4 Å². The van der Waals surface area contributed by atoms with Gasteiger partial charge < -0.3 is 10.5 Å². The lowest BCUT2D eigenvalue weighted by atomic mass is 10.1. The smallest absolute Gasteiger partial charge is 0.124 e. The fourth-order valence-corrected chi connectivity index (χ4v) is 1.96. The zero-order chi connectivity index (χ0) is 11.4. The molecule has 1 atom stereocenters. The summed E-state index contributed by atoms with van der Waals surface area (Å²) < 4.78 is 5.73. The molecule has 0 spiro atoms. The van der Waals surface area contributed by atoms with E-state index in [0.717, 1.165) is 16.2 Å². The van der Waals surface area contributed by atoms with Crippen LogP contribution in [0.15, 0.2) is 36.0 Å². The predicted octanol–water partition coefficient (Wildman–Crippen LogP) is 2.74. The minimum atomic E-state index is -0.0161. The fraction of sp³-hybridized carbons (Fsp3) is 0.250. The molecule has 2 aromatic rings. The van der Waals surface area contributed by atoms with Crippen molar-refractivity contribution in [1.29, 1.82) is 0 Å². The van der Waals surface area contributed by atoms with E-state index >= 15 is 0 Å². The lowest BCUT2D eigenvalue weighted by Crippen LogP contribution is -2.07. The molecule has 0 aliphatic rings. The molecule has 0 saturated heterocycles. The molecule has 3 nitrogen and oxygen atoms in total. The quantitative estimate of drug-likeness (QED) is 0.884. The normalized spacial score (nSPS) is 12.4. The van der Waals surface area contributed by atoms with Crippen molar-refractivity contribution in [1.82, 2.24) is 4.98 Å². The molecule has 4 heteroatoms. The first-order chi connectivity index (χ1) is 7.77. The SMILES string of the molecule is C[C@H](N)c1ccccc1OCc1cncs1. The lowest BCUT2D eigenvalue weighted by molar-refractivity contribution is 0.305. The topological polar surface area (TPSA) is 48.1 Å². The Kier molecular flexibility index (Phi) is 3.54. The number of para-hydroxylation sites is 1. The second kappa shape index (κ2) is 5.09. The number of aromatic nitrogens is 1. The molecular weight excluding hydrogens is 220 g/mol. The Hall–Kier alpha value is -1.39. The van der Waals surface area contributed by atoms with E-state index in [2.05, 4.69) is 4.98 Å². The molecule has 0 amide bonds. The highest BCUT2D eigenvalue weighted by atomic mass is 32.1. The first-order valence-corrected chi connectivity index (χ1v) is 6.00. The standard InChI is InChI=1S/C12H14N2OS/c1-9(13)11-4-2-3-5-12(11)15-7-10-6-14-8-16-10/h2-6,8-9H,7,13H2,1H3/t9-/m0/s1. The predicted molar refractivity (Wildman–Crippen MR) is 65.5 cm³/mol. The zero-order valence-corrected chi connectivity index (χ0v) is 9.91. The van der Waals surface area contributed by atoms with Crippen LogP contribution >= 0.6 is 11.3 Å². The van der Waals surface area contributed by atoms with Crippen molar-refractivity contribution in [2.24, 2.45) is 5.73 Å².